The molecular formula is C14H20O. The van der Waals surface area contributed by atoms with Gasteiger partial charge in [0.15, 0.2) is 0 Å². The van der Waals surface area contributed by atoms with Crippen LogP contribution in [-0.4, -0.2) is 6.61 Å². The number of ether oxygens (including phenoxy) is 1. The molecule has 0 N–H and O–H groups in total. The zero-order chi connectivity index (χ0) is 10.9. The third kappa shape index (κ3) is 4.68. The third-order valence-corrected chi connectivity index (χ3v) is 2.26. The van der Waals surface area contributed by atoms with Crippen molar-refractivity contribution in [2.24, 2.45) is 0 Å². The van der Waals surface area contributed by atoms with Gasteiger partial charge in [0.1, 0.15) is 5.75 Å². The van der Waals surface area contributed by atoms with Crippen molar-refractivity contribution in [1.29, 1.82) is 0 Å². The van der Waals surface area contributed by atoms with Gasteiger partial charge in [0, 0.05) is 0 Å². The number of hydrogen-bond acceptors (Lipinski definition) is 1. The van der Waals surface area contributed by atoms with Crippen molar-refractivity contribution in [3.05, 3.63) is 35.9 Å². The maximum Gasteiger partial charge on any atom is 0.119 e. The Morgan fingerprint density at radius 2 is 1.87 bits per heavy atom. The zero-order valence-corrected chi connectivity index (χ0v) is 9.70. The normalized spacial score (nSPS) is 10.8. The molecule has 1 heteroatoms. The van der Waals surface area contributed by atoms with E-state index >= 15 is 0 Å². The van der Waals surface area contributed by atoms with Gasteiger partial charge in [0.05, 0.1) is 6.61 Å². The smallest absolute Gasteiger partial charge is 0.119 e. The summed E-state index contributed by atoms with van der Waals surface area (Å²) < 4.78 is 5.62. The molecule has 0 aliphatic rings. The highest BCUT2D eigenvalue weighted by Crippen LogP contribution is 2.13. The van der Waals surface area contributed by atoms with E-state index < -0.39 is 0 Å². The van der Waals surface area contributed by atoms with Crippen LogP contribution in [0.25, 0.3) is 6.08 Å². The average Bonchev–Trinajstić information content (AvgIpc) is 2.27. The summed E-state index contributed by atoms with van der Waals surface area (Å²) in [6.45, 7) is 5.05. The van der Waals surface area contributed by atoms with E-state index in [1.807, 2.05) is 25.1 Å². The first-order valence-electron chi connectivity index (χ1n) is 5.72. The molecule has 1 nitrogen and oxygen atoms in total. The van der Waals surface area contributed by atoms with Crippen LogP contribution in [-0.2, 0) is 0 Å². The Kier molecular flexibility index (Phi) is 5.60. The Morgan fingerprint density at radius 3 is 2.47 bits per heavy atom. The number of hydrogen-bond donors (Lipinski definition) is 0. The van der Waals surface area contributed by atoms with Crippen LogP contribution in [0.4, 0.5) is 0 Å². The molecule has 0 aliphatic carbocycles. The van der Waals surface area contributed by atoms with E-state index in [2.05, 4.69) is 25.1 Å². The summed E-state index contributed by atoms with van der Waals surface area (Å²) in [7, 11) is 0. The molecule has 0 fully saturated rings. The van der Waals surface area contributed by atoms with E-state index in [0.717, 1.165) is 18.8 Å². The van der Waals surface area contributed by atoms with Crippen molar-refractivity contribution in [3.63, 3.8) is 0 Å². The van der Waals surface area contributed by atoms with Crippen LogP contribution in [0.3, 0.4) is 0 Å². The Morgan fingerprint density at radius 1 is 1.13 bits per heavy atom. The molecule has 0 amide bonds. The molecule has 1 aromatic rings. The lowest BCUT2D eigenvalue weighted by Crippen LogP contribution is -1.96. The molecule has 0 saturated carbocycles. The van der Waals surface area contributed by atoms with Crippen molar-refractivity contribution in [2.45, 2.75) is 33.1 Å². The lowest BCUT2D eigenvalue weighted by atomic mass is 10.2. The maximum absolute atomic E-state index is 5.62. The molecule has 0 aliphatic heterocycles. The van der Waals surface area contributed by atoms with E-state index in [1.165, 1.54) is 18.4 Å². The van der Waals surface area contributed by atoms with Crippen molar-refractivity contribution in [3.8, 4) is 5.75 Å². The van der Waals surface area contributed by atoms with Crippen LogP contribution in [0.1, 0.15) is 38.7 Å². The summed E-state index contributed by atoms with van der Waals surface area (Å²) in [6.07, 6.45) is 7.76. The summed E-state index contributed by atoms with van der Waals surface area (Å²) in [4.78, 5) is 0. The number of unbranched alkanes of at least 4 members (excludes halogenated alkanes) is 2. The zero-order valence-electron chi connectivity index (χ0n) is 9.70. The summed E-state index contributed by atoms with van der Waals surface area (Å²) in [5.41, 5.74) is 1.22. The molecule has 0 spiro atoms. The molecule has 82 valence electrons. The van der Waals surface area contributed by atoms with Gasteiger partial charge in [-0.2, -0.15) is 0 Å². The molecule has 0 unspecified atom stereocenters. The minimum atomic E-state index is 0.830. The average molecular weight is 204 g/mol. The fourth-order valence-corrected chi connectivity index (χ4v) is 1.41. The van der Waals surface area contributed by atoms with Crippen molar-refractivity contribution < 1.29 is 4.74 Å². The number of benzene rings is 1. The molecule has 1 aromatic carbocycles. The van der Waals surface area contributed by atoms with Gasteiger partial charge in [-0.05, 0) is 31.0 Å². The standard InChI is InChI=1S/C14H20O/c1-3-5-6-12-15-14-10-8-13(7-4-2)9-11-14/h4,7-11H,3,5-6,12H2,1-2H3/b7-4+. The van der Waals surface area contributed by atoms with Gasteiger partial charge in [0.25, 0.3) is 0 Å². The predicted molar refractivity (Wildman–Crippen MR) is 66.2 cm³/mol. The van der Waals surface area contributed by atoms with Crippen LogP contribution in [0.15, 0.2) is 30.3 Å². The van der Waals surface area contributed by atoms with Gasteiger partial charge in [-0.15, -0.1) is 0 Å². The minimum absolute atomic E-state index is 0.830. The first kappa shape index (κ1) is 11.8. The lowest BCUT2D eigenvalue weighted by molar-refractivity contribution is 0.306. The van der Waals surface area contributed by atoms with E-state index in [0.29, 0.717) is 0 Å². The third-order valence-electron chi connectivity index (χ3n) is 2.26. The minimum Gasteiger partial charge on any atom is -0.494 e. The summed E-state index contributed by atoms with van der Waals surface area (Å²) >= 11 is 0. The molecule has 0 bridgehead atoms. The highest BCUT2D eigenvalue weighted by molar-refractivity contribution is 5.50. The second-order valence-electron chi connectivity index (χ2n) is 3.62. The van der Waals surface area contributed by atoms with Gasteiger partial charge in [-0.3, -0.25) is 0 Å². The van der Waals surface area contributed by atoms with Gasteiger partial charge >= 0.3 is 0 Å². The fraction of sp³-hybridized carbons (Fsp3) is 0.429. The van der Waals surface area contributed by atoms with Gasteiger partial charge in [-0.1, -0.05) is 44.1 Å². The molecule has 0 atom stereocenters. The number of rotatable bonds is 6. The van der Waals surface area contributed by atoms with Crippen LogP contribution < -0.4 is 4.74 Å². The van der Waals surface area contributed by atoms with Crippen molar-refractivity contribution in [1.82, 2.24) is 0 Å². The molecule has 0 saturated heterocycles. The Labute approximate surface area is 92.8 Å². The molecular weight excluding hydrogens is 184 g/mol. The van der Waals surface area contributed by atoms with Gasteiger partial charge < -0.3 is 4.74 Å². The van der Waals surface area contributed by atoms with E-state index in [1.54, 1.807) is 0 Å². The van der Waals surface area contributed by atoms with E-state index in [-0.39, 0.29) is 0 Å². The second-order valence-corrected chi connectivity index (χ2v) is 3.62. The first-order chi connectivity index (χ1) is 7.36. The summed E-state index contributed by atoms with van der Waals surface area (Å²) in [5, 5.41) is 0. The van der Waals surface area contributed by atoms with E-state index in [9.17, 15) is 0 Å². The predicted octanol–water partition coefficient (Wildman–Crippen LogP) is 4.29. The molecule has 15 heavy (non-hydrogen) atoms. The molecule has 0 aromatic heterocycles. The largest absolute Gasteiger partial charge is 0.494 e. The van der Waals surface area contributed by atoms with Crippen LogP contribution in [0, 0.1) is 0 Å². The van der Waals surface area contributed by atoms with Crippen LogP contribution >= 0.6 is 0 Å². The molecule has 0 radical (unpaired) electrons. The highest BCUT2D eigenvalue weighted by atomic mass is 16.5. The second kappa shape index (κ2) is 7.10. The van der Waals surface area contributed by atoms with Crippen molar-refractivity contribution >= 4 is 6.08 Å². The van der Waals surface area contributed by atoms with Gasteiger partial charge in [-0.25, -0.2) is 0 Å². The SMILES string of the molecule is C/C=C/c1ccc(OCCCCC)cc1. The topological polar surface area (TPSA) is 9.23 Å². The fourth-order valence-electron chi connectivity index (χ4n) is 1.41. The molecule has 1 rings (SSSR count). The Bertz CT molecular complexity index is 285. The number of allylic oxidation sites excluding steroid dienone is 1. The first-order valence-corrected chi connectivity index (χ1v) is 5.72. The Balaban J connectivity index is 2.36. The monoisotopic (exact) mass is 204 g/mol. The van der Waals surface area contributed by atoms with E-state index in [4.69, 9.17) is 4.74 Å². The van der Waals surface area contributed by atoms with Crippen molar-refractivity contribution in [2.75, 3.05) is 6.61 Å². The highest BCUT2D eigenvalue weighted by Gasteiger charge is 1.93. The summed E-state index contributed by atoms with van der Waals surface area (Å²) in [5.74, 6) is 0.972. The molecule has 0 heterocycles. The Hall–Kier alpha value is -1.24. The maximum atomic E-state index is 5.62. The van der Waals surface area contributed by atoms with Crippen LogP contribution in [0.2, 0.25) is 0 Å². The van der Waals surface area contributed by atoms with Crippen LogP contribution in [0.5, 0.6) is 5.75 Å². The quantitative estimate of drug-likeness (QED) is 0.628. The van der Waals surface area contributed by atoms with Gasteiger partial charge in [0.2, 0.25) is 0 Å². The summed E-state index contributed by atoms with van der Waals surface area (Å²) in [6, 6.07) is 8.22. The lowest BCUT2D eigenvalue weighted by Gasteiger charge is -2.05.